The number of aromatic amines is 1. The van der Waals surface area contributed by atoms with Crippen molar-refractivity contribution in [2.75, 3.05) is 0 Å². The Bertz CT molecular complexity index is 473. The zero-order valence-corrected chi connectivity index (χ0v) is 9.97. The normalized spacial score (nSPS) is 10.3. The molecule has 0 atom stereocenters. The van der Waals surface area contributed by atoms with E-state index < -0.39 is 0 Å². The largest absolute Gasteiger partial charge is 0.359 e. The van der Waals surface area contributed by atoms with Gasteiger partial charge in [-0.25, -0.2) is 0 Å². The van der Waals surface area contributed by atoms with E-state index in [0.29, 0.717) is 16.3 Å². The van der Waals surface area contributed by atoms with Crippen LogP contribution in [0, 0.1) is 0 Å². The van der Waals surface area contributed by atoms with Gasteiger partial charge in [0, 0.05) is 21.3 Å². The maximum Gasteiger partial charge on any atom is 0.209 e. The van der Waals surface area contributed by atoms with E-state index in [2.05, 4.69) is 20.9 Å². The second-order valence-electron chi connectivity index (χ2n) is 3.07. The highest BCUT2D eigenvalue weighted by Crippen LogP contribution is 2.21. The van der Waals surface area contributed by atoms with Gasteiger partial charge in [-0.05, 0) is 30.3 Å². The smallest absolute Gasteiger partial charge is 0.209 e. The minimum absolute atomic E-state index is 0.0665. The summed E-state index contributed by atoms with van der Waals surface area (Å²) in [6.45, 7) is 0. The van der Waals surface area contributed by atoms with Gasteiger partial charge < -0.3 is 4.98 Å². The molecule has 0 aliphatic heterocycles. The summed E-state index contributed by atoms with van der Waals surface area (Å²) in [6, 6.07) is 8.65. The first-order chi connectivity index (χ1) is 7.16. The maximum absolute atomic E-state index is 11.9. The molecule has 2 aromatic rings. The number of halogens is 2. The lowest BCUT2D eigenvalue weighted by Crippen LogP contribution is -2.01. The van der Waals surface area contributed by atoms with E-state index in [4.69, 9.17) is 11.6 Å². The van der Waals surface area contributed by atoms with Crippen molar-refractivity contribution in [3.05, 3.63) is 57.3 Å². The van der Waals surface area contributed by atoms with Crippen LogP contribution in [0.2, 0.25) is 5.02 Å². The minimum atomic E-state index is -0.0665. The summed E-state index contributed by atoms with van der Waals surface area (Å²) in [5.74, 6) is -0.0665. The van der Waals surface area contributed by atoms with Crippen LogP contribution in [0.5, 0.6) is 0 Å². The van der Waals surface area contributed by atoms with Crippen LogP contribution >= 0.6 is 27.5 Å². The molecule has 0 radical (unpaired) electrons. The molecular weight excluding hydrogens is 277 g/mol. The van der Waals surface area contributed by atoms with Gasteiger partial charge in [0.1, 0.15) is 0 Å². The molecule has 2 rings (SSSR count). The fourth-order valence-electron chi connectivity index (χ4n) is 1.31. The first-order valence-corrected chi connectivity index (χ1v) is 5.48. The predicted octanol–water partition coefficient (Wildman–Crippen LogP) is 3.66. The van der Waals surface area contributed by atoms with Gasteiger partial charge in [0.2, 0.25) is 5.78 Å². The molecule has 0 saturated heterocycles. The Morgan fingerprint density at radius 3 is 2.73 bits per heavy atom. The number of carbonyl (C=O) groups excluding carboxylic acids is 1. The fraction of sp³-hybridized carbons (Fsp3) is 0. The number of aromatic nitrogens is 1. The summed E-state index contributed by atoms with van der Waals surface area (Å²) in [5, 5.41) is 0.541. The van der Waals surface area contributed by atoms with Gasteiger partial charge in [-0.15, -0.1) is 0 Å². The Morgan fingerprint density at radius 2 is 2.13 bits per heavy atom. The van der Waals surface area contributed by atoms with Crippen LogP contribution in [0.1, 0.15) is 16.1 Å². The maximum atomic E-state index is 11.9. The number of hydrogen-bond donors (Lipinski definition) is 1. The lowest BCUT2D eigenvalue weighted by atomic mass is 10.1. The van der Waals surface area contributed by atoms with E-state index in [0.717, 1.165) is 4.47 Å². The van der Waals surface area contributed by atoms with Gasteiger partial charge in [0.05, 0.1) is 5.69 Å². The molecule has 15 heavy (non-hydrogen) atoms. The van der Waals surface area contributed by atoms with E-state index >= 15 is 0 Å². The van der Waals surface area contributed by atoms with Crippen LogP contribution in [0.3, 0.4) is 0 Å². The summed E-state index contributed by atoms with van der Waals surface area (Å²) >= 11 is 9.16. The van der Waals surface area contributed by atoms with Crippen molar-refractivity contribution in [3.8, 4) is 0 Å². The van der Waals surface area contributed by atoms with Gasteiger partial charge >= 0.3 is 0 Å². The molecule has 0 saturated carbocycles. The van der Waals surface area contributed by atoms with Crippen LogP contribution in [-0.4, -0.2) is 10.8 Å². The first kappa shape index (κ1) is 10.5. The summed E-state index contributed by atoms with van der Waals surface area (Å²) in [5.41, 5.74) is 1.13. The predicted molar refractivity (Wildman–Crippen MR) is 63.4 cm³/mol. The molecule has 1 heterocycles. The van der Waals surface area contributed by atoms with Crippen molar-refractivity contribution < 1.29 is 4.79 Å². The minimum Gasteiger partial charge on any atom is -0.359 e. The zero-order valence-electron chi connectivity index (χ0n) is 7.63. The summed E-state index contributed by atoms with van der Waals surface area (Å²) < 4.78 is 0.796. The molecular formula is C11H7BrClNO. The summed E-state index contributed by atoms with van der Waals surface area (Å²) in [6.07, 6.45) is 1.72. The van der Waals surface area contributed by atoms with Crippen LogP contribution in [-0.2, 0) is 0 Å². The Balaban J connectivity index is 2.42. The third kappa shape index (κ3) is 2.30. The van der Waals surface area contributed by atoms with Gasteiger partial charge in [0.15, 0.2) is 0 Å². The number of ketones is 1. The Labute approximate surface area is 100 Å². The summed E-state index contributed by atoms with van der Waals surface area (Å²) in [4.78, 5) is 14.8. The molecule has 4 heteroatoms. The van der Waals surface area contributed by atoms with Gasteiger partial charge in [-0.3, -0.25) is 4.79 Å². The van der Waals surface area contributed by atoms with Crippen molar-refractivity contribution in [3.63, 3.8) is 0 Å². The molecule has 0 amide bonds. The monoisotopic (exact) mass is 283 g/mol. The molecule has 0 aliphatic rings. The number of H-pyrrole nitrogens is 1. The Hall–Kier alpha value is -1.06. The molecule has 1 N–H and O–H groups in total. The third-order valence-corrected chi connectivity index (χ3v) is 2.64. The van der Waals surface area contributed by atoms with Crippen LogP contribution < -0.4 is 0 Å². The molecule has 1 aromatic carbocycles. The van der Waals surface area contributed by atoms with E-state index in [9.17, 15) is 4.79 Å². The average molecular weight is 285 g/mol. The van der Waals surface area contributed by atoms with Gasteiger partial charge in [-0.1, -0.05) is 27.5 Å². The molecule has 0 unspecified atom stereocenters. The molecule has 0 aliphatic carbocycles. The zero-order chi connectivity index (χ0) is 10.8. The van der Waals surface area contributed by atoms with Crippen molar-refractivity contribution >= 4 is 33.3 Å². The highest BCUT2D eigenvalue weighted by Gasteiger charge is 2.10. The lowest BCUT2D eigenvalue weighted by Gasteiger charge is -2.00. The highest BCUT2D eigenvalue weighted by molar-refractivity contribution is 9.10. The van der Waals surface area contributed by atoms with Crippen molar-refractivity contribution in [1.82, 2.24) is 4.98 Å². The van der Waals surface area contributed by atoms with E-state index in [1.54, 1.807) is 36.5 Å². The Morgan fingerprint density at radius 1 is 1.33 bits per heavy atom. The molecule has 1 aromatic heterocycles. The van der Waals surface area contributed by atoms with E-state index in [-0.39, 0.29) is 5.78 Å². The van der Waals surface area contributed by atoms with Gasteiger partial charge in [-0.2, -0.15) is 0 Å². The van der Waals surface area contributed by atoms with Crippen molar-refractivity contribution in [1.29, 1.82) is 0 Å². The van der Waals surface area contributed by atoms with E-state index in [1.165, 1.54) is 0 Å². The lowest BCUT2D eigenvalue weighted by molar-refractivity contribution is 0.103. The molecule has 76 valence electrons. The number of nitrogens with one attached hydrogen (secondary N) is 1. The second-order valence-corrected chi connectivity index (χ2v) is 4.42. The summed E-state index contributed by atoms with van der Waals surface area (Å²) in [7, 11) is 0. The van der Waals surface area contributed by atoms with Crippen molar-refractivity contribution in [2.24, 2.45) is 0 Å². The molecule has 0 fully saturated rings. The number of hydrogen-bond acceptors (Lipinski definition) is 1. The number of carbonyl (C=O) groups is 1. The Kier molecular flexibility index (Phi) is 2.93. The van der Waals surface area contributed by atoms with Crippen LogP contribution in [0.4, 0.5) is 0 Å². The third-order valence-electron chi connectivity index (χ3n) is 1.97. The first-order valence-electron chi connectivity index (χ1n) is 4.31. The van der Waals surface area contributed by atoms with Crippen LogP contribution in [0.25, 0.3) is 0 Å². The number of rotatable bonds is 2. The van der Waals surface area contributed by atoms with E-state index in [1.807, 2.05) is 0 Å². The van der Waals surface area contributed by atoms with Gasteiger partial charge in [0.25, 0.3) is 0 Å². The molecule has 0 bridgehead atoms. The quantitative estimate of drug-likeness (QED) is 0.839. The highest BCUT2D eigenvalue weighted by atomic mass is 79.9. The molecule has 2 nitrogen and oxygen atoms in total. The topological polar surface area (TPSA) is 32.9 Å². The molecule has 0 spiro atoms. The fourth-order valence-corrected chi connectivity index (χ4v) is 2.17. The average Bonchev–Trinajstić information content (AvgIpc) is 2.67. The standard InChI is InChI=1S/C11H7BrClNO/c12-8-4-7(5-9(13)6-8)11(15)10-2-1-3-14-10/h1-6,14H. The van der Waals surface area contributed by atoms with Crippen molar-refractivity contribution in [2.45, 2.75) is 0 Å². The number of benzene rings is 1. The second kappa shape index (κ2) is 4.21. The van der Waals surface area contributed by atoms with Crippen LogP contribution in [0.15, 0.2) is 41.0 Å². The SMILES string of the molecule is O=C(c1cc(Cl)cc(Br)c1)c1ccc[nH]1.